The highest BCUT2D eigenvalue weighted by Crippen LogP contribution is 2.15. The van der Waals surface area contributed by atoms with Crippen LogP contribution in [0, 0.1) is 5.41 Å². The lowest BCUT2D eigenvalue weighted by molar-refractivity contribution is -0.150. The van der Waals surface area contributed by atoms with Crippen LogP contribution in [-0.2, 0) is 20.7 Å². The second-order valence-electron chi connectivity index (χ2n) is 5.39. The minimum absolute atomic E-state index is 0.195. The minimum Gasteiger partial charge on any atom is -0.469 e. The summed E-state index contributed by atoms with van der Waals surface area (Å²) in [4.78, 5) is 23.4. The summed E-state index contributed by atoms with van der Waals surface area (Å²) in [5.74, 6) is -0.639. The van der Waals surface area contributed by atoms with Gasteiger partial charge in [0.1, 0.15) is 0 Å². The van der Waals surface area contributed by atoms with E-state index in [1.807, 2.05) is 30.3 Å². The van der Waals surface area contributed by atoms with Crippen LogP contribution in [0.2, 0.25) is 0 Å². The van der Waals surface area contributed by atoms with E-state index in [9.17, 15) is 9.59 Å². The van der Waals surface area contributed by atoms with Gasteiger partial charge < -0.3 is 15.8 Å². The Hall–Kier alpha value is -1.88. The molecule has 1 atom stereocenters. The lowest BCUT2D eigenvalue weighted by atomic mass is 9.93. The molecule has 20 heavy (non-hydrogen) atoms. The molecule has 0 aliphatic carbocycles. The van der Waals surface area contributed by atoms with Crippen LogP contribution in [0.15, 0.2) is 30.3 Å². The van der Waals surface area contributed by atoms with Gasteiger partial charge in [-0.05, 0) is 25.8 Å². The number of nitrogens with two attached hydrogens (primary N) is 1. The van der Waals surface area contributed by atoms with E-state index in [1.165, 1.54) is 7.11 Å². The maximum atomic E-state index is 11.9. The molecule has 0 aliphatic heterocycles. The molecule has 0 aliphatic rings. The quantitative estimate of drug-likeness (QED) is 0.757. The van der Waals surface area contributed by atoms with Crippen LogP contribution in [0.25, 0.3) is 0 Å². The molecular weight excluding hydrogens is 256 g/mol. The third kappa shape index (κ3) is 4.66. The largest absolute Gasteiger partial charge is 0.469 e. The lowest BCUT2D eigenvalue weighted by Gasteiger charge is -2.22. The summed E-state index contributed by atoms with van der Waals surface area (Å²) in [5, 5.41) is 2.69. The summed E-state index contributed by atoms with van der Waals surface area (Å²) in [6.45, 7) is 3.62. The number of hydrogen-bond acceptors (Lipinski definition) is 4. The first kappa shape index (κ1) is 16.2. The summed E-state index contributed by atoms with van der Waals surface area (Å²) in [6.07, 6.45) is 0.464. The van der Waals surface area contributed by atoms with Gasteiger partial charge in [-0.25, -0.2) is 0 Å². The summed E-state index contributed by atoms with van der Waals surface area (Å²) in [7, 11) is 1.33. The summed E-state index contributed by atoms with van der Waals surface area (Å²) in [6, 6.07) is 8.93. The smallest absolute Gasteiger partial charge is 0.313 e. The predicted molar refractivity (Wildman–Crippen MR) is 76.9 cm³/mol. The molecule has 1 rings (SSSR count). The molecule has 3 N–H and O–H groups in total. The molecule has 1 aromatic rings. The standard InChI is InChI=1S/C15H22N2O3/c1-15(2,14(19)20-3)10-17-13(18)12(16)9-11-7-5-4-6-8-11/h4-8,12H,9-10,16H2,1-3H3,(H,17,18)/t12-/m0/s1. The van der Waals surface area contributed by atoms with Crippen molar-refractivity contribution in [1.82, 2.24) is 5.32 Å². The van der Waals surface area contributed by atoms with Crippen LogP contribution < -0.4 is 11.1 Å². The fourth-order valence-corrected chi connectivity index (χ4v) is 1.75. The van der Waals surface area contributed by atoms with Crippen molar-refractivity contribution < 1.29 is 14.3 Å². The zero-order valence-corrected chi connectivity index (χ0v) is 12.2. The number of benzene rings is 1. The lowest BCUT2D eigenvalue weighted by Crippen LogP contribution is -2.47. The fraction of sp³-hybridized carbons (Fsp3) is 0.467. The zero-order valence-electron chi connectivity index (χ0n) is 12.2. The van der Waals surface area contributed by atoms with Crippen LogP contribution in [0.5, 0.6) is 0 Å². The molecule has 0 aromatic heterocycles. The first-order valence-corrected chi connectivity index (χ1v) is 6.52. The highest BCUT2D eigenvalue weighted by atomic mass is 16.5. The van der Waals surface area contributed by atoms with E-state index in [0.717, 1.165) is 5.56 Å². The van der Waals surface area contributed by atoms with Crippen molar-refractivity contribution >= 4 is 11.9 Å². The average molecular weight is 278 g/mol. The molecule has 0 unspecified atom stereocenters. The first-order valence-electron chi connectivity index (χ1n) is 6.52. The Balaban J connectivity index is 2.48. The van der Waals surface area contributed by atoms with E-state index in [1.54, 1.807) is 13.8 Å². The summed E-state index contributed by atoms with van der Waals surface area (Å²) < 4.78 is 4.68. The number of amides is 1. The average Bonchev–Trinajstić information content (AvgIpc) is 2.44. The van der Waals surface area contributed by atoms with Gasteiger partial charge in [0.2, 0.25) is 5.91 Å². The number of methoxy groups -OCH3 is 1. The van der Waals surface area contributed by atoms with Crippen molar-refractivity contribution in [2.75, 3.05) is 13.7 Å². The van der Waals surface area contributed by atoms with E-state index in [0.29, 0.717) is 6.42 Å². The van der Waals surface area contributed by atoms with Crippen molar-refractivity contribution in [3.05, 3.63) is 35.9 Å². The molecule has 0 radical (unpaired) electrons. The van der Waals surface area contributed by atoms with E-state index in [2.05, 4.69) is 10.1 Å². The van der Waals surface area contributed by atoms with Crippen molar-refractivity contribution in [2.24, 2.45) is 11.1 Å². The molecule has 0 fully saturated rings. The Kier molecular flexibility index (Phi) is 5.70. The molecule has 0 bridgehead atoms. The molecular formula is C15H22N2O3. The number of nitrogens with one attached hydrogen (secondary N) is 1. The van der Waals surface area contributed by atoms with E-state index in [-0.39, 0.29) is 18.4 Å². The van der Waals surface area contributed by atoms with Crippen LogP contribution >= 0.6 is 0 Å². The molecule has 1 aromatic carbocycles. The molecule has 1 amide bonds. The number of hydrogen-bond donors (Lipinski definition) is 2. The topological polar surface area (TPSA) is 81.4 Å². The van der Waals surface area contributed by atoms with Gasteiger partial charge in [-0.15, -0.1) is 0 Å². The van der Waals surface area contributed by atoms with E-state index in [4.69, 9.17) is 5.73 Å². The van der Waals surface area contributed by atoms with Crippen LogP contribution in [0.4, 0.5) is 0 Å². The number of ether oxygens (including phenoxy) is 1. The first-order chi connectivity index (χ1) is 9.36. The third-order valence-corrected chi connectivity index (χ3v) is 3.08. The van der Waals surface area contributed by atoms with Crippen LogP contribution in [0.3, 0.4) is 0 Å². The van der Waals surface area contributed by atoms with Crippen LogP contribution in [0.1, 0.15) is 19.4 Å². The number of esters is 1. The van der Waals surface area contributed by atoms with Crippen molar-refractivity contribution in [3.8, 4) is 0 Å². The van der Waals surface area contributed by atoms with E-state index >= 15 is 0 Å². The summed E-state index contributed by atoms with van der Waals surface area (Å²) >= 11 is 0. The van der Waals surface area contributed by atoms with Crippen LogP contribution in [-0.4, -0.2) is 31.6 Å². The normalized spacial score (nSPS) is 12.6. The highest BCUT2D eigenvalue weighted by Gasteiger charge is 2.29. The summed E-state index contributed by atoms with van der Waals surface area (Å²) in [5.41, 5.74) is 6.09. The Morgan fingerprint density at radius 1 is 1.30 bits per heavy atom. The Bertz CT molecular complexity index is 457. The predicted octanol–water partition coefficient (Wildman–Crippen LogP) is 0.872. The maximum Gasteiger partial charge on any atom is 0.313 e. The Labute approximate surface area is 119 Å². The van der Waals surface area contributed by atoms with Gasteiger partial charge in [-0.2, -0.15) is 0 Å². The third-order valence-electron chi connectivity index (χ3n) is 3.08. The molecule has 0 spiro atoms. The van der Waals surface area contributed by atoms with Gasteiger partial charge in [0.25, 0.3) is 0 Å². The Morgan fingerprint density at radius 2 is 1.90 bits per heavy atom. The Morgan fingerprint density at radius 3 is 2.45 bits per heavy atom. The molecule has 5 heteroatoms. The SMILES string of the molecule is COC(=O)C(C)(C)CNC(=O)[C@@H](N)Cc1ccccc1. The highest BCUT2D eigenvalue weighted by molar-refractivity contribution is 5.83. The van der Waals surface area contributed by atoms with Gasteiger partial charge in [0.15, 0.2) is 0 Å². The minimum atomic E-state index is -0.767. The zero-order chi connectivity index (χ0) is 15.2. The van der Waals surface area contributed by atoms with Gasteiger partial charge in [-0.3, -0.25) is 9.59 Å². The van der Waals surface area contributed by atoms with Crippen molar-refractivity contribution in [3.63, 3.8) is 0 Å². The molecule has 110 valence electrons. The van der Waals surface area contributed by atoms with E-state index < -0.39 is 11.5 Å². The number of carbonyl (C=O) groups excluding carboxylic acids is 2. The van der Waals surface area contributed by atoms with Gasteiger partial charge in [0.05, 0.1) is 18.6 Å². The molecule has 0 saturated carbocycles. The molecule has 0 saturated heterocycles. The van der Waals surface area contributed by atoms with Gasteiger partial charge in [0, 0.05) is 6.54 Å². The maximum absolute atomic E-state index is 11.9. The second kappa shape index (κ2) is 7.05. The van der Waals surface area contributed by atoms with Gasteiger partial charge >= 0.3 is 5.97 Å². The second-order valence-corrected chi connectivity index (χ2v) is 5.39. The fourth-order valence-electron chi connectivity index (χ4n) is 1.75. The van der Waals surface area contributed by atoms with Gasteiger partial charge in [-0.1, -0.05) is 30.3 Å². The number of carbonyl (C=O) groups is 2. The van der Waals surface area contributed by atoms with Crippen molar-refractivity contribution in [2.45, 2.75) is 26.3 Å². The van der Waals surface area contributed by atoms with Crippen molar-refractivity contribution in [1.29, 1.82) is 0 Å². The number of rotatable bonds is 6. The molecule has 5 nitrogen and oxygen atoms in total. The molecule has 0 heterocycles. The monoisotopic (exact) mass is 278 g/mol.